The van der Waals surface area contributed by atoms with Crippen LogP contribution in [-0.4, -0.2) is 123 Å². The predicted molar refractivity (Wildman–Crippen MR) is 591 cm³/mol. The smallest absolute Gasteiger partial charge is 0.263 e. The molecule has 7 aromatic carbocycles. The summed E-state index contributed by atoms with van der Waals surface area (Å²) in [7, 11) is 0. The highest BCUT2D eigenvalue weighted by molar-refractivity contribution is 7.59. The van der Waals surface area contributed by atoms with Crippen molar-refractivity contribution >= 4 is 152 Å². The third-order valence-corrected chi connectivity index (χ3v) is 28.1. The molecule has 15 aromatic heterocycles. The lowest BCUT2D eigenvalue weighted by Gasteiger charge is -2.32. The van der Waals surface area contributed by atoms with Gasteiger partial charge in [0.25, 0.3) is 27.8 Å². The lowest BCUT2D eigenvalue weighted by Crippen LogP contribution is -2.33. The van der Waals surface area contributed by atoms with Gasteiger partial charge in [0, 0.05) is 58.0 Å². The van der Waals surface area contributed by atoms with E-state index in [-0.39, 0.29) is 89.6 Å². The molecule has 2 aliphatic carbocycles. The third-order valence-electron chi connectivity index (χ3n) is 28.1. The van der Waals surface area contributed by atoms with Crippen molar-refractivity contribution in [1.29, 1.82) is 0 Å². The number of rotatable bonds is 21. The number of aryl methyl sites for hydroxylation is 7. The molecule has 0 amide bonds. The molecule has 0 radical (unpaired) electrons. The monoisotopic (exact) mass is 1990 g/mol. The zero-order chi connectivity index (χ0) is 102. The first-order chi connectivity index (χ1) is 71.3. The number of imidazole rings is 5. The van der Waals surface area contributed by atoms with Gasteiger partial charge in [0.1, 0.15) is 59.2 Å². The van der Waals surface area contributed by atoms with Crippen LogP contribution in [0.15, 0.2) is 257 Å². The Morgan fingerprint density at radius 2 is 0.574 bits per heavy atom. The first kappa shape index (κ1) is 99.4. The van der Waals surface area contributed by atoms with Gasteiger partial charge in [0.15, 0.2) is 57.3 Å². The van der Waals surface area contributed by atoms with Gasteiger partial charge in [-0.1, -0.05) is 146 Å². The molecule has 750 valence electrons. The summed E-state index contributed by atoms with van der Waals surface area (Å²) < 4.78 is 9.50. The fourth-order valence-corrected chi connectivity index (χ4v) is 20.4. The van der Waals surface area contributed by atoms with Gasteiger partial charge in [-0.2, -0.15) is 13.5 Å². The number of benzene rings is 7. The van der Waals surface area contributed by atoms with Crippen molar-refractivity contribution in [3.8, 4) is 11.4 Å². The van der Waals surface area contributed by atoms with Crippen LogP contribution in [0.25, 0.3) is 121 Å². The van der Waals surface area contributed by atoms with Crippen LogP contribution in [0.4, 0.5) is 29.1 Å². The average Bonchev–Trinajstić information content (AvgIpc) is 1.27. The minimum Gasteiger partial charge on any atom is -0.360 e. The Morgan fingerprint density at radius 3 is 0.885 bits per heavy atom. The summed E-state index contributed by atoms with van der Waals surface area (Å²) in [6.07, 6.45) is 24.0. The van der Waals surface area contributed by atoms with Gasteiger partial charge < -0.3 is 65.2 Å². The highest BCUT2D eigenvalue weighted by Crippen LogP contribution is 2.39. The molecule has 35 nitrogen and oxygen atoms in total. The van der Waals surface area contributed by atoms with E-state index in [1.54, 1.807) is 36.2 Å². The van der Waals surface area contributed by atoms with E-state index in [9.17, 15) is 24.0 Å². The van der Waals surface area contributed by atoms with Crippen LogP contribution in [-0.2, 0) is 0 Å². The van der Waals surface area contributed by atoms with Crippen LogP contribution in [0.2, 0.25) is 0 Å². The Bertz CT molecular complexity index is 9040. The van der Waals surface area contributed by atoms with Gasteiger partial charge in [-0.15, -0.1) is 0 Å². The molecule has 15 heterocycles. The Balaban J connectivity index is 0.000000116. The lowest BCUT2D eigenvalue weighted by atomic mass is 9.91. The highest BCUT2D eigenvalue weighted by Gasteiger charge is 2.31. The predicted octanol–water partition coefficient (Wildman–Crippen LogP) is 21.3. The summed E-state index contributed by atoms with van der Waals surface area (Å²) in [4.78, 5) is 147. The van der Waals surface area contributed by atoms with Gasteiger partial charge >= 0.3 is 0 Å². The molecule has 2 saturated carbocycles. The molecular formula is C112H116N30O5S. The van der Waals surface area contributed by atoms with Crippen molar-refractivity contribution in [3.63, 3.8) is 0 Å². The molecule has 2 fully saturated rings. The van der Waals surface area contributed by atoms with Crippen molar-refractivity contribution in [1.82, 2.24) is 123 Å². The summed E-state index contributed by atoms with van der Waals surface area (Å²) in [6, 6.07) is 56.4. The molecule has 148 heavy (non-hydrogen) atoms. The molecular weight excluding hydrogens is 1880 g/mol. The van der Waals surface area contributed by atoms with Gasteiger partial charge in [0.2, 0.25) is 0 Å². The summed E-state index contributed by atoms with van der Waals surface area (Å²) in [5.74, 6) is 3.34. The Kier molecular flexibility index (Phi) is 28.6. The maximum atomic E-state index is 13.8. The first-order valence-corrected chi connectivity index (χ1v) is 49.7. The second-order valence-electron chi connectivity index (χ2n) is 38.3. The van der Waals surface area contributed by atoms with Crippen molar-refractivity contribution in [2.24, 2.45) is 0 Å². The minimum absolute atomic E-state index is 0. The molecule has 0 spiro atoms. The molecule has 4 unspecified atom stereocenters. The Morgan fingerprint density at radius 1 is 0.304 bits per heavy atom. The number of anilines is 5. The van der Waals surface area contributed by atoms with Crippen LogP contribution in [0.1, 0.15) is 216 Å². The molecule has 22 aromatic rings. The summed E-state index contributed by atoms with van der Waals surface area (Å²) in [5.41, 5.74) is 20.6. The Hall–Kier alpha value is -17.3. The van der Waals surface area contributed by atoms with Crippen LogP contribution >= 0.6 is 13.5 Å². The minimum atomic E-state index is -0.208. The van der Waals surface area contributed by atoms with Crippen molar-refractivity contribution < 1.29 is 0 Å². The van der Waals surface area contributed by atoms with E-state index in [1.807, 2.05) is 234 Å². The molecule has 36 heteroatoms. The van der Waals surface area contributed by atoms with Crippen LogP contribution in [0, 0.1) is 48.5 Å². The average molecular weight is 1990 g/mol. The van der Waals surface area contributed by atoms with Crippen LogP contribution in [0.3, 0.4) is 0 Å². The number of H-pyrrole nitrogens is 5. The maximum absolute atomic E-state index is 13.8. The summed E-state index contributed by atoms with van der Waals surface area (Å²) in [5, 5.41) is 26.0. The molecule has 2 aliphatic rings. The normalized spacial score (nSPS) is 13.7. The molecule has 0 bridgehead atoms. The number of nitrogens with zero attached hydrogens (tertiary/aromatic N) is 20. The second-order valence-corrected chi connectivity index (χ2v) is 38.3. The van der Waals surface area contributed by atoms with Gasteiger partial charge in [0.05, 0.1) is 88.8 Å². The fraction of sp³-hybridized carbons (Fsp3) is 0.268. The van der Waals surface area contributed by atoms with E-state index in [1.165, 1.54) is 50.9 Å². The number of nitrogens with one attached hydrogen (secondary N) is 10. The number of hydrogen-bond acceptors (Lipinski definition) is 25. The van der Waals surface area contributed by atoms with E-state index < -0.39 is 0 Å². The van der Waals surface area contributed by atoms with E-state index in [0.29, 0.717) is 57.3 Å². The first-order valence-electron chi connectivity index (χ1n) is 49.7. The van der Waals surface area contributed by atoms with Crippen LogP contribution < -0.4 is 54.4 Å². The quantitative estimate of drug-likeness (QED) is 0.0319. The maximum Gasteiger partial charge on any atom is 0.263 e. The molecule has 10 N–H and O–H groups in total. The van der Waals surface area contributed by atoms with E-state index in [4.69, 9.17) is 0 Å². The van der Waals surface area contributed by atoms with Crippen molar-refractivity contribution in [3.05, 3.63) is 352 Å². The largest absolute Gasteiger partial charge is 0.360 e. The topological polar surface area (TPSA) is 442 Å². The molecule has 5 atom stereocenters. The highest BCUT2D eigenvalue weighted by atomic mass is 32.1. The van der Waals surface area contributed by atoms with E-state index in [2.05, 4.69) is 177 Å². The Labute approximate surface area is 856 Å². The van der Waals surface area contributed by atoms with Crippen LogP contribution in [0.5, 0.6) is 0 Å². The number of hydrogen-bond donors (Lipinski definition) is 10. The lowest BCUT2D eigenvalue weighted by molar-refractivity contribution is 0.298. The number of aromatic nitrogens is 25. The number of aromatic amines is 5. The molecule has 0 saturated heterocycles. The fourth-order valence-electron chi connectivity index (χ4n) is 20.4. The SMILES string of the molecule is CCC(Nc1ncnc2nc[nH]c12)c1cc2cccc(C)c2c(=O)n1-c1ccc(C)cc1.Cc1ccc(-n2c(C(C)Nc3ncnc4nc[nH]c34)cc3cccc(C)c3c2=O)cc1.Cc1cccc2cc(C(C)Nc3ncnc4nc[nH]c34)n(C3CCC3)c(=O)c12.Cc1cccc2cc(C(C)Nc3ncnc4nc[nH]c34)n(C3CCCC3)c(=O)c12.Cc1cccc2cc([C@H](C)Nc3ncnc4nc[nH]c34)n(C(C)C)c(=O)c12.S. The zero-order valence-electron chi connectivity index (χ0n) is 84.7. The standard InChI is InChI=1S/C25H24N6O.C24H22N6O.C22H24N6O.C21H22N6O.C20H22N6O.H2S/c1-4-19(30-24-22-23(27-13-26-22)28-14-29-24)20-12-17-7-5-6-16(3)21(17)25(32)31(20)18-10-8-15(2)9-11-18;1-14-7-9-18(10-8-14)30-19(11-17-6-4-5-15(2)20(17)24(30)31)16(3)29-23-21-22(26-12-25-21)27-13-28-23;1-13-6-5-7-15-10-17(28(22(29)18(13)15)16-8-3-4-9-16)14(2)27-21-19-20(24-11-23-19)25-12-26-21;1-12-5-3-6-14-9-16(27(15-7-4-8-15)21(28)17(12)14)13(2)26-20-18-19(23-10-22-18)24-11-25-20;1-11(2)26-15(8-14-7-5-6-12(3)16(14)20(26)27)13(4)25-19-17-18(22-9-21-17)23-10-24-19;/h5-14,19H,4H2,1-3H3,(H2,26,27,28,29,30);4-13,16H,1-3H3,(H2,25,26,27,28,29);5-7,10-12,14,16H,3-4,8-9H2,1-2H3,(H2,23,24,25,26,27);3,5-6,9-11,13,15H,4,7-8H2,1-2H3,(H2,22,23,24,25,26);5-11,13H,1-4H3,(H2,21,22,23,24,25);1H2/t;;;;13-;/m....0./s1. The zero-order valence-corrected chi connectivity index (χ0v) is 85.7. The van der Waals surface area contributed by atoms with Gasteiger partial charge in [-0.25, -0.2) is 74.8 Å². The van der Waals surface area contributed by atoms with Crippen molar-refractivity contribution in [2.75, 3.05) is 26.6 Å². The summed E-state index contributed by atoms with van der Waals surface area (Å²) in [6.45, 7) is 28.4. The molecule has 24 rings (SSSR count). The van der Waals surface area contributed by atoms with Gasteiger partial charge in [-0.3, -0.25) is 33.1 Å². The summed E-state index contributed by atoms with van der Waals surface area (Å²) >= 11 is 0. The van der Waals surface area contributed by atoms with E-state index in [0.717, 1.165) is 192 Å². The van der Waals surface area contributed by atoms with Gasteiger partial charge in [-0.05, 0) is 238 Å². The molecule has 0 aliphatic heterocycles. The van der Waals surface area contributed by atoms with E-state index >= 15 is 0 Å². The number of fused-ring (bicyclic) bond motifs is 10. The third kappa shape index (κ3) is 19.5. The number of pyridine rings is 5. The second kappa shape index (κ2) is 42.5. The van der Waals surface area contributed by atoms with Crippen molar-refractivity contribution in [2.45, 2.75) is 197 Å².